The van der Waals surface area contributed by atoms with Crippen LogP contribution in [0.4, 0.5) is 0 Å². The molecule has 0 radical (unpaired) electrons. The molecule has 2 aliphatic heterocycles. The molecule has 2 heterocycles. The fraction of sp³-hybridized carbons (Fsp3) is 0.353. The van der Waals surface area contributed by atoms with Gasteiger partial charge in [0.15, 0.2) is 23.0 Å². The first-order chi connectivity index (χ1) is 20.9. The number of aliphatic hydroxyl groups is 1. The van der Waals surface area contributed by atoms with Gasteiger partial charge in [-0.2, -0.15) is 0 Å². The number of carbonyl (C=O) groups excluding carboxylic acids is 2. The lowest BCUT2D eigenvalue weighted by Crippen LogP contribution is -2.33. The lowest BCUT2D eigenvalue weighted by molar-refractivity contribution is -0.140. The number of Topliss-reactive ketones (excluding diaryl/α,β-unsaturated/α-hetero) is 1. The van der Waals surface area contributed by atoms with Crippen LogP contribution in [0.15, 0.2) is 72.3 Å². The first kappa shape index (κ1) is 30.0. The molecule has 0 aromatic heterocycles. The number of methoxy groups -OCH3 is 1. The van der Waals surface area contributed by atoms with Crippen molar-refractivity contribution in [1.82, 2.24) is 9.80 Å². The minimum Gasteiger partial charge on any atom is -0.507 e. The summed E-state index contributed by atoms with van der Waals surface area (Å²) in [6.07, 6.45) is 0.671. The van der Waals surface area contributed by atoms with Crippen LogP contribution < -0.4 is 18.9 Å². The molecule has 43 heavy (non-hydrogen) atoms. The van der Waals surface area contributed by atoms with E-state index >= 15 is 0 Å². The van der Waals surface area contributed by atoms with Crippen molar-refractivity contribution in [1.29, 1.82) is 0 Å². The van der Waals surface area contributed by atoms with Crippen LogP contribution in [0.5, 0.6) is 23.0 Å². The molecule has 2 aliphatic rings. The molecule has 1 atom stereocenters. The minimum absolute atomic E-state index is 0.0181. The number of hydrogen-bond donors (Lipinski definition) is 1. The second kappa shape index (κ2) is 13.6. The Balaban J connectivity index is 1.52. The third kappa shape index (κ3) is 6.46. The maximum absolute atomic E-state index is 13.6. The molecular formula is C34H38N2O7. The highest BCUT2D eigenvalue weighted by Crippen LogP contribution is 2.43. The molecular weight excluding hydrogens is 548 g/mol. The number of rotatable bonds is 12. The van der Waals surface area contributed by atoms with Crippen molar-refractivity contribution in [2.45, 2.75) is 32.9 Å². The smallest absolute Gasteiger partial charge is 0.295 e. The second-order valence-electron chi connectivity index (χ2n) is 10.4. The molecule has 1 saturated heterocycles. The van der Waals surface area contributed by atoms with Crippen LogP contribution in [0.3, 0.4) is 0 Å². The molecule has 1 N–H and O–H groups in total. The summed E-state index contributed by atoms with van der Waals surface area (Å²) in [6.45, 7) is 8.27. The molecule has 9 nitrogen and oxygen atoms in total. The average Bonchev–Trinajstić information content (AvgIpc) is 3.30. The van der Waals surface area contributed by atoms with Crippen molar-refractivity contribution < 1.29 is 33.6 Å². The van der Waals surface area contributed by atoms with Crippen LogP contribution in [-0.4, -0.2) is 73.1 Å². The predicted molar refractivity (Wildman–Crippen MR) is 163 cm³/mol. The van der Waals surface area contributed by atoms with E-state index < -0.39 is 17.7 Å². The fourth-order valence-corrected chi connectivity index (χ4v) is 5.52. The van der Waals surface area contributed by atoms with Gasteiger partial charge in [0.05, 0.1) is 18.7 Å². The quantitative estimate of drug-likeness (QED) is 0.176. The Morgan fingerprint density at radius 2 is 1.70 bits per heavy atom. The molecule has 0 aliphatic carbocycles. The summed E-state index contributed by atoms with van der Waals surface area (Å²) in [7, 11) is 1.55. The fourth-order valence-electron chi connectivity index (χ4n) is 5.52. The number of aliphatic hydroxyl groups excluding tert-OH is 1. The van der Waals surface area contributed by atoms with Crippen LogP contribution in [0.1, 0.15) is 43.0 Å². The largest absolute Gasteiger partial charge is 0.507 e. The van der Waals surface area contributed by atoms with Gasteiger partial charge >= 0.3 is 0 Å². The van der Waals surface area contributed by atoms with Gasteiger partial charge in [-0.3, -0.25) is 9.59 Å². The average molecular weight is 587 g/mol. The third-order valence-electron chi connectivity index (χ3n) is 7.86. The predicted octanol–water partition coefficient (Wildman–Crippen LogP) is 5.20. The number of fused-ring (bicyclic) bond motifs is 1. The highest BCUT2D eigenvalue weighted by molar-refractivity contribution is 6.46. The molecule has 1 amide bonds. The van der Waals surface area contributed by atoms with Crippen molar-refractivity contribution in [3.63, 3.8) is 0 Å². The number of carbonyl (C=O) groups is 2. The van der Waals surface area contributed by atoms with Gasteiger partial charge in [-0.1, -0.05) is 50.2 Å². The summed E-state index contributed by atoms with van der Waals surface area (Å²) in [6, 6.07) is 19.3. The van der Waals surface area contributed by atoms with Crippen molar-refractivity contribution in [2.75, 3.05) is 46.5 Å². The molecule has 0 unspecified atom stereocenters. The zero-order valence-corrected chi connectivity index (χ0v) is 24.9. The highest BCUT2D eigenvalue weighted by Gasteiger charge is 2.46. The zero-order chi connectivity index (χ0) is 30.3. The van der Waals surface area contributed by atoms with E-state index in [1.54, 1.807) is 42.3 Å². The zero-order valence-electron chi connectivity index (χ0n) is 24.9. The standard InChI is InChI=1S/C34H38N2O7/c1-4-35(5-2)16-9-17-36-31(24-12-14-26(28(20-24)40-3)43-22-23-10-7-6-8-11-23)30(33(38)34(36)39)32(37)25-13-15-27-29(21-25)42-19-18-41-27/h6-8,10-15,20-21,31,37H,4-5,9,16-19,22H2,1-3H3/b32-30+/t31-/m0/s1. The Bertz CT molecular complexity index is 1480. The number of nitrogens with zero attached hydrogens (tertiary/aromatic N) is 2. The number of ether oxygens (including phenoxy) is 4. The van der Waals surface area contributed by atoms with E-state index in [9.17, 15) is 14.7 Å². The number of ketones is 1. The van der Waals surface area contributed by atoms with Gasteiger partial charge in [0.1, 0.15) is 25.6 Å². The number of hydrogen-bond acceptors (Lipinski definition) is 8. The lowest BCUT2D eigenvalue weighted by Gasteiger charge is -2.27. The van der Waals surface area contributed by atoms with Crippen molar-refractivity contribution >= 4 is 17.4 Å². The van der Waals surface area contributed by atoms with E-state index in [1.165, 1.54) is 0 Å². The monoisotopic (exact) mass is 586 g/mol. The van der Waals surface area contributed by atoms with E-state index in [1.807, 2.05) is 36.4 Å². The summed E-state index contributed by atoms with van der Waals surface area (Å²) in [5, 5.41) is 11.6. The minimum atomic E-state index is -0.818. The van der Waals surface area contributed by atoms with Crippen molar-refractivity contribution in [3.05, 3.63) is 89.0 Å². The second-order valence-corrected chi connectivity index (χ2v) is 10.4. The highest BCUT2D eigenvalue weighted by atomic mass is 16.6. The van der Waals surface area contributed by atoms with Crippen LogP contribution in [0.25, 0.3) is 5.76 Å². The Morgan fingerprint density at radius 3 is 2.42 bits per heavy atom. The van der Waals surface area contributed by atoms with Gasteiger partial charge in [0, 0.05) is 12.1 Å². The van der Waals surface area contributed by atoms with Gasteiger partial charge in [-0.25, -0.2) is 0 Å². The Kier molecular flexibility index (Phi) is 9.51. The topological polar surface area (TPSA) is 97.8 Å². The molecule has 0 spiro atoms. The molecule has 1 fully saturated rings. The molecule has 226 valence electrons. The van der Waals surface area contributed by atoms with E-state index in [-0.39, 0.29) is 11.3 Å². The normalized spacial score (nSPS) is 17.4. The first-order valence-corrected chi connectivity index (χ1v) is 14.7. The number of likely N-dealkylation sites (tertiary alicyclic amines) is 1. The molecule has 3 aromatic carbocycles. The Hall–Kier alpha value is -4.50. The summed E-state index contributed by atoms with van der Waals surface area (Å²) in [5.41, 5.74) is 2.02. The van der Waals surface area contributed by atoms with Crippen LogP contribution in [0.2, 0.25) is 0 Å². The molecule has 9 heteroatoms. The summed E-state index contributed by atoms with van der Waals surface area (Å²) < 4.78 is 23.0. The van der Waals surface area contributed by atoms with Crippen LogP contribution >= 0.6 is 0 Å². The van der Waals surface area contributed by atoms with Gasteiger partial charge in [0.25, 0.3) is 11.7 Å². The van der Waals surface area contributed by atoms with Gasteiger partial charge in [-0.05, 0) is 67.5 Å². The van der Waals surface area contributed by atoms with Gasteiger partial charge < -0.3 is 33.9 Å². The van der Waals surface area contributed by atoms with Crippen LogP contribution in [0, 0.1) is 0 Å². The third-order valence-corrected chi connectivity index (χ3v) is 7.86. The summed E-state index contributed by atoms with van der Waals surface area (Å²) in [5.74, 6) is 0.376. The number of amides is 1. The maximum Gasteiger partial charge on any atom is 0.295 e. The van der Waals surface area contributed by atoms with Gasteiger partial charge in [0.2, 0.25) is 0 Å². The first-order valence-electron chi connectivity index (χ1n) is 14.7. The van der Waals surface area contributed by atoms with Gasteiger partial charge in [-0.15, -0.1) is 0 Å². The maximum atomic E-state index is 13.6. The SMILES string of the molecule is CCN(CC)CCCN1C(=O)C(=O)/C(=C(/O)c2ccc3c(c2)OCCO3)[C@@H]1c1ccc(OCc2ccccc2)c(OC)c1. The van der Waals surface area contributed by atoms with E-state index in [2.05, 4.69) is 18.7 Å². The molecule has 0 bridgehead atoms. The lowest BCUT2D eigenvalue weighted by atomic mass is 9.94. The molecule has 3 aromatic rings. The Morgan fingerprint density at radius 1 is 0.953 bits per heavy atom. The summed E-state index contributed by atoms with van der Waals surface area (Å²) in [4.78, 5) is 30.9. The summed E-state index contributed by atoms with van der Waals surface area (Å²) >= 11 is 0. The van der Waals surface area contributed by atoms with Crippen LogP contribution in [-0.2, 0) is 16.2 Å². The Labute approximate surface area is 252 Å². The van der Waals surface area contributed by atoms with E-state index in [0.29, 0.717) is 66.9 Å². The van der Waals surface area contributed by atoms with E-state index in [4.69, 9.17) is 18.9 Å². The van der Waals surface area contributed by atoms with Crippen molar-refractivity contribution in [2.24, 2.45) is 0 Å². The number of benzene rings is 3. The van der Waals surface area contributed by atoms with Crippen molar-refractivity contribution in [3.8, 4) is 23.0 Å². The van der Waals surface area contributed by atoms with E-state index in [0.717, 1.165) is 25.2 Å². The molecule has 0 saturated carbocycles. The molecule has 5 rings (SSSR count).